The predicted molar refractivity (Wildman–Crippen MR) is 66.6 cm³/mol. The predicted octanol–water partition coefficient (Wildman–Crippen LogP) is 2.80. The van der Waals surface area contributed by atoms with E-state index >= 15 is 0 Å². The molecule has 0 atom stereocenters. The van der Waals surface area contributed by atoms with Crippen LogP contribution in [-0.4, -0.2) is 25.4 Å². The fraction of sp³-hybridized carbons (Fsp3) is 1.00. The minimum Gasteiger partial charge on any atom is -0.233 e. The van der Waals surface area contributed by atoms with Crippen LogP contribution in [0, 0.1) is 17.8 Å². The molecule has 0 saturated heterocycles. The highest BCUT2D eigenvalue weighted by Crippen LogP contribution is 2.46. The molecule has 3 rings (SSSR count). The normalized spacial score (nSPS) is 45.2. The monoisotopic (exact) mass is 272 g/mol. The zero-order valence-corrected chi connectivity index (χ0v) is 11.7. The highest BCUT2D eigenvalue weighted by molar-refractivity contribution is 4.92. The molecule has 0 aromatic heterocycles. The smallest absolute Gasteiger partial charge is 0.0966 e. The van der Waals surface area contributed by atoms with Gasteiger partial charge in [0.2, 0.25) is 0 Å². The second-order valence-electron chi connectivity index (χ2n) is 6.43. The van der Waals surface area contributed by atoms with Gasteiger partial charge in [-0.1, -0.05) is 12.0 Å². The van der Waals surface area contributed by atoms with Crippen LogP contribution in [0.25, 0.3) is 0 Å². The van der Waals surface area contributed by atoms with E-state index < -0.39 is 0 Å². The second kappa shape index (κ2) is 6.06. The Kier molecular flexibility index (Phi) is 4.39. The van der Waals surface area contributed by atoms with E-state index in [-0.39, 0.29) is 6.10 Å². The van der Waals surface area contributed by atoms with E-state index in [1.807, 2.05) is 0 Å². The molecule has 5 heteroatoms. The average Bonchev–Trinajstić information content (AvgIpc) is 2.25. The van der Waals surface area contributed by atoms with Crippen LogP contribution >= 0.6 is 0 Å². The molecule has 0 amide bonds. The molecule has 3 fully saturated rings. The summed E-state index contributed by atoms with van der Waals surface area (Å²) in [7, 11) is 1.45. The Labute approximate surface area is 114 Å². The molecular weight excluding hydrogens is 248 g/mol. The Morgan fingerprint density at radius 2 is 1.16 bits per heavy atom. The molecule has 3 aliphatic rings. The van der Waals surface area contributed by atoms with Gasteiger partial charge in [-0.2, -0.15) is 0 Å². The second-order valence-corrected chi connectivity index (χ2v) is 6.43. The Morgan fingerprint density at radius 1 is 0.684 bits per heavy atom. The molecule has 0 bridgehead atoms. The van der Waals surface area contributed by atoms with Gasteiger partial charge in [-0.05, 0) is 56.3 Å². The maximum Gasteiger partial charge on any atom is 0.0966 e. The van der Waals surface area contributed by atoms with Gasteiger partial charge < -0.3 is 0 Å². The minimum atomic E-state index is 0.206. The maximum atomic E-state index is 5.49. The van der Waals surface area contributed by atoms with Gasteiger partial charge in [0.25, 0.3) is 0 Å². The van der Waals surface area contributed by atoms with E-state index in [2.05, 4.69) is 16.8 Å². The van der Waals surface area contributed by atoms with E-state index in [4.69, 9.17) is 14.7 Å². The summed E-state index contributed by atoms with van der Waals surface area (Å²) >= 11 is 0. The molecule has 0 aromatic carbocycles. The molecular formula is C14H24O5. The number of rotatable bonds is 7. The Morgan fingerprint density at radius 3 is 1.63 bits per heavy atom. The van der Waals surface area contributed by atoms with Crippen molar-refractivity contribution in [3.8, 4) is 0 Å². The van der Waals surface area contributed by atoms with Crippen molar-refractivity contribution in [2.75, 3.05) is 7.11 Å². The molecule has 0 unspecified atom stereocenters. The third kappa shape index (κ3) is 3.28. The molecule has 110 valence electrons. The van der Waals surface area contributed by atoms with Crippen LogP contribution in [-0.2, 0) is 24.6 Å². The highest BCUT2D eigenvalue weighted by Gasteiger charge is 2.44. The molecule has 0 spiro atoms. The van der Waals surface area contributed by atoms with Crippen molar-refractivity contribution in [2.24, 2.45) is 17.8 Å². The quantitative estimate of drug-likeness (QED) is 0.527. The zero-order chi connectivity index (χ0) is 13.2. The van der Waals surface area contributed by atoms with Crippen molar-refractivity contribution < 1.29 is 24.6 Å². The number of hydrogen-bond acceptors (Lipinski definition) is 5. The first kappa shape index (κ1) is 13.8. The number of hydrogen-bond donors (Lipinski definition) is 0. The van der Waals surface area contributed by atoms with Crippen LogP contribution in [0.3, 0.4) is 0 Å². The lowest BCUT2D eigenvalue weighted by molar-refractivity contribution is -0.524. The topological polar surface area (TPSA) is 46.2 Å². The van der Waals surface area contributed by atoms with Crippen molar-refractivity contribution in [2.45, 2.75) is 63.8 Å². The first-order valence-electron chi connectivity index (χ1n) is 7.43. The lowest BCUT2D eigenvalue weighted by atomic mass is 9.64. The summed E-state index contributed by atoms with van der Waals surface area (Å²) in [4.78, 5) is 20.4. The molecule has 5 nitrogen and oxygen atoms in total. The van der Waals surface area contributed by atoms with E-state index in [9.17, 15) is 0 Å². The Hall–Kier alpha value is -0.200. The zero-order valence-electron chi connectivity index (χ0n) is 11.7. The molecule has 3 aliphatic carbocycles. The summed E-state index contributed by atoms with van der Waals surface area (Å²) in [5.41, 5.74) is 0. The molecule has 0 aromatic rings. The van der Waals surface area contributed by atoms with Crippen LogP contribution in [0.5, 0.6) is 0 Å². The summed E-state index contributed by atoms with van der Waals surface area (Å²) in [5, 5.41) is 4.49. The first-order valence-corrected chi connectivity index (χ1v) is 7.43. The fourth-order valence-corrected chi connectivity index (χ4v) is 3.30. The molecule has 0 N–H and O–H groups in total. The molecule has 3 saturated carbocycles. The first-order chi connectivity index (χ1) is 9.24. The summed E-state index contributed by atoms with van der Waals surface area (Å²) < 4.78 is 0. The lowest BCUT2D eigenvalue weighted by Crippen LogP contribution is -2.44. The summed E-state index contributed by atoms with van der Waals surface area (Å²) in [6.07, 6.45) is 7.57. The molecule has 0 aliphatic heterocycles. The molecule has 0 radical (unpaired) electrons. The van der Waals surface area contributed by atoms with E-state index in [1.165, 1.54) is 7.11 Å². The maximum absolute atomic E-state index is 5.49. The van der Waals surface area contributed by atoms with Gasteiger partial charge in [-0.15, -0.1) is 0 Å². The van der Waals surface area contributed by atoms with Gasteiger partial charge in [0, 0.05) is 0 Å². The van der Waals surface area contributed by atoms with Gasteiger partial charge >= 0.3 is 0 Å². The van der Waals surface area contributed by atoms with Gasteiger partial charge in [0.05, 0.1) is 25.4 Å². The third-order valence-electron chi connectivity index (χ3n) is 4.83. The Bertz CT molecular complexity index is 280. The van der Waals surface area contributed by atoms with Gasteiger partial charge in [0.15, 0.2) is 0 Å². The van der Waals surface area contributed by atoms with Crippen LogP contribution in [0.1, 0.15) is 45.4 Å². The minimum absolute atomic E-state index is 0.206. The van der Waals surface area contributed by atoms with Crippen LogP contribution < -0.4 is 0 Å². The summed E-state index contributed by atoms with van der Waals surface area (Å²) in [6.45, 7) is 2.25. The van der Waals surface area contributed by atoms with Crippen LogP contribution in [0.4, 0.5) is 0 Å². The van der Waals surface area contributed by atoms with Gasteiger partial charge in [-0.25, -0.2) is 19.6 Å². The van der Waals surface area contributed by atoms with Gasteiger partial charge in [-0.3, -0.25) is 0 Å². The average molecular weight is 272 g/mol. The van der Waals surface area contributed by atoms with Crippen molar-refractivity contribution >= 4 is 0 Å². The molecule has 0 heterocycles. The SMILES string of the molecule is COOOC1CC(C2CC(OOC3CC(C)C3)C2)C1. The van der Waals surface area contributed by atoms with Gasteiger partial charge in [0.1, 0.15) is 0 Å². The van der Waals surface area contributed by atoms with Crippen molar-refractivity contribution in [1.82, 2.24) is 0 Å². The van der Waals surface area contributed by atoms with E-state index in [0.29, 0.717) is 12.2 Å². The van der Waals surface area contributed by atoms with Crippen LogP contribution in [0.2, 0.25) is 0 Å². The van der Waals surface area contributed by atoms with Crippen molar-refractivity contribution in [3.63, 3.8) is 0 Å². The van der Waals surface area contributed by atoms with Crippen LogP contribution in [0.15, 0.2) is 0 Å². The molecule has 19 heavy (non-hydrogen) atoms. The summed E-state index contributed by atoms with van der Waals surface area (Å²) in [5.74, 6) is 2.34. The largest absolute Gasteiger partial charge is 0.233 e. The summed E-state index contributed by atoms with van der Waals surface area (Å²) in [6, 6.07) is 0. The van der Waals surface area contributed by atoms with Crippen molar-refractivity contribution in [3.05, 3.63) is 0 Å². The van der Waals surface area contributed by atoms with Crippen molar-refractivity contribution in [1.29, 1.82) is 0 Å². The highest BCUT2D eigenvalue weighted by atomic mass is 17.5. The van der Waals surface area contributed by atoms with E-state index in [0.717, 1.165) is 56.3 Å². The standard InChI is InChI=1S/C14H24O5/c1-9-3-12(4-9)16-17-13-5-10(6-13)11-7-14(8-11)18-19-15-2/h9-14H,3-8H2,1-2H3. The fourth-order valence-electron chi connectivity index (χ4n) is 3.30. The van der Waals surface area contributed by atoms with E-state index in [1.54, 1.807) is 0 Å². The Balaban J connectivity index is 1.22. The lowest BCUT2D eigenvalue weighted by Gasteiger charge is -2.46. The third-order valence-corrected chi connectivity index (χ3v) is 4.83.